The molecule has 1 aliphatic heterocycles. The van der Waals surface area contributed by atoms with Gasteiger partial charge in [-0.1, -0.05) is 24.3 Å². The number of esters is 1. The maximum absolute atomic E-state index is 13.3. The molecule has 0 aromatic heterocycles. The van der Waals surface area contributed by atoms with Crippen molar-refractivity contribution in [3.63, 3.8) is 0 Å². The molecule has 188 valence electrons. The third-order valence-corrected chi connectivity index (χ3v) is 5.79. The second kappa shape index (κ2) is 11.4. The van der Waals surface area contributed by atoms with Crippen LogP contribution in [0.15, 0.2) is 60.7 Å². The molecule has 1 heterocycles. The molecule has 0 aliphatic carbocycles. The fraction of sp³-hybridized carbons (Fsp3) is 0.241. The fourth-order valence-corrected chi connectivity index (χ4v) is 4.15. The third kappa shape index (κ3) is 5.96. The summed E-state index contributed by atoms with van der Waals surface area (Å²) in [6.07, 6.45) is 0.125. The standard InChI is InChI=1S/C29H26N2O6/c1-19-14-20(2)16-22(15-19)31(11-5-10-30)27(32)18-37-29(34)24-7-4-3-6-23(24)28(33)21-8-9-25-26(17-21)36-13-12-35-25/h3-4,6-9,14-17H,5,11-13,18H2,1-2H3. The van der Waals surface area contributed by atoms with E-state index < -0.39 is 18.5 Å². The van der Waals surface area contributed by atoms with Gasteiger partial charge in [-0.3, -0.25) is 9.59 Å². The number of benzene rings is 3. The topological polar surface area (TPSA) is 106 Å². The molecule has 8 nitrogen and oxygen atoms in total. The second-order valence-corrected chi connectivity index (χ2v) is 8.61. The van der Waals surface area contributed by atoms with Gasteiger partial charge in [0.05, 0.1) is 18.1 Å². The van der Waals surface area contributed by atoms with Crippen LogP contribution in [-0.2, 0) is 9.53 Å². The number of rotatable bonds is 8. The summed E-state index contributed by atoms with van der Waals surface area (Å²) in [7, 11) is 0. The first-order chi connectivity index (χ1) is 17.9. The molecule has 0 saturated carbocycles. The molecule has 0 saturated heterocycles. The van der Waals surface area contributed by atoms with E-state index in [4.69, 9.17) is 19.5 Å². The second-order valence-electron chi connectivity index (χ2n) is 8.61. The van der Waals surface area contributed by atoms with Crippen LogP contribution in [0.4, 0.5) is 5.69 Å². The van der Waals surface area contributed by atoms with Gasteiger partial charge in [0.25, 0.3) is 5.91 Å². The highest BCUT2D eigenvalue weighted by Crippen LogP contribution is 2.32. The Bertz CT molecular complexity index is 1370. The zero-order valence-electron chi connectivity index (χ0n) is 20.7. The minimum absolute atomic E-state index is 0.0464. The van der Waals surface area contributed by atoms with E-state index in [0.717, 1.165) is 11.1 Å². The van der Waals surface area contributed by atoms with Crippen LogP contribution in [0, 0.1) is 25.2 Å². The number of ketones is 1. The Labute approximate surface area is 215 Å². The van der Waals surface area contributed by atoms with Gasteiger partial charge in [-0.25, -0.2) is 4.79 Å². The Kier molecular flexibility index (Phi) is 7.84. The first kappa shape index (κ1) is 25.5. The molecule has 0 fully saturated rings. The van der Waals surface area contributed by atoms with Gasteiger partial charge in [-0.15, -0.1) is 0 Å². The van der Waals surface area contributed by atoms with E-state index in [-0.39, 0.29) is 29.9 Å². The van der Waals surface area contributed by atoms with Crippen molar-refractivity contribution in [2.24, 2.45) is 0 Å². The Hall–Kier alpha value is -4.64. The monoisotopic (exact) mass is 498 g/mol. The Balaban J connectivity index is 1.51. The van der Waals surface area contributed by atoms with Gasteiger partial charge in [0, 0.05) is 23.4 Å². The lowest BCUT2D eigenvalue weighted by Gasteiger charge is -2.23. The lowest BCUT2D eigenvalue weighted by atomic mass is 9.98. The Morgan fingerprint density at radius 2 is 1.59 bits per heavy atom. The van der Waals surface area contributed by atoms with E-state index in [0.29, 0.717) is 36.0 Å². The highest BCUT2D eigenvalue weighted by Gasteiger charge is 2.23. The summed E-state index contributed by atoms with van der Waals surface area (Å²) in [4.78, 5) is 40.7. The normalized spacial score (nSPS) is 11.8. The lowest BCUT2D eigenvalue weighted by Crippen LogP contribution is -2.35. The van der Waals surface area contributed by atoms with Crippen molar-refractivity contribution in [2.75, 3.05) is 31.3 Å². The van der Waals surface area contributed by atoms with Crippen LogP contribution in [0.2, 0.25) is 0 Å². The number of ether oxygens (including phenoxy) is 3. The van der Waals surface area contributed by atoms with E-state index in [1.165, 1.54) is 17.0 Å². The summed E-state index contributed by atoms with van der Waals surface area (Å²) in [5.41, 5.74) is 3.08. The van der Waals surface area contributed by atoms with E-state index in [1.54, 1.807) is 30.3 Å². The first-order valence-electron chi connectivity index (χ1n) is 11.8. The van der Waals surface area contributed by atoms with Gasteiger partial charge >= 0.3 is 5.97 Å². The van der Waals surface area contributed by atoms with Crippen LogP contribution in [0.1, 0.15) is 43.8 Å². The highest BCUT2D eigenvalue weighted by molar-refractivity contribution is 6.14. The van der Waals surface area contributed by atoms with Crippen LogP contribution in [0.25, 0.3) is 0 Å². The summed E-state index contributed by atoms with van der Waals surface area (Å²) >= 11 is 0. The van der Waals surface area contributed by atoms with E-state index in [2.05, 4.69) is 0 Å². The average Bonchev–Trinajstić information content (AvgIpc) is 2.90. The predicted octanol–water partition coefficient (Wildman–Crippen LogP) is 4.41. The minimum atomic E-state index is -0.796. The zero-order valence-corrected chi connectivity index (χ0v) is 20.7. The summed E-state index contributed by atoms with van der Waals surface area (Å²) in [5, 5.41) is 9.04. The largest absolute Gasteiger partial charge is 0.486 e. The molecule has 0 spiro atoms. The van der Waals surface area contributed by atoms with Crippen molar-refractivity contribution in [1.82, 2.24) is 0 Å². The van der Waals surface area contributed by atoms with Crippen molar-refractivity contribution in [1.29, 1.82) is 5.26 Å². The van der Waals surface area contributed by atoms with Crippen molar-refractivity contribution >= 4 is 23.3 Å². The summed E-state index contributed by atoms with van der Waals surface area (Å²) < 4.78 is 16.4. The maximum atomic E-state index is 13.3. The Morgan fingerprint density at radius 3 is 2.30 bits per heavy atom. The maximum Gasteiger partial charge on any atom is 0.339 e. The molecule has 8 heteroatoms. The average molecular weight is 499 g/mol. The number of nitriles is 1. The molecule has 1 aliphatic rings. The van der Waals surface area contributed by atoms with Crippen molar-refractivity contribution < 1.29 is 28.6 Å². The molecule has 3 aromatic rings. The van der Waals surface area contributed by atoms with E-state index in [1.807, 2.05) is 38.1 Å². The molecule has 37 heavy (non-hydrogen) atoms. The number of hydrogen-bond donors (Lipinski definition) is 0. The van der Waals surface area contributed by atoms with Crippen LogP contribution < -0.4 is 14.4 Å². The molecule has 1 amide bonds. The summed E-state index contributed by atoms with van der Waals surface area (Å²) in [6, 6.07) is 18.8. The molecular weight excluding hydrogens is 472 g/mol. The van der Waals surface area contributed by atoms with Gasteiger partial charge in [0.1, 0.15) is 13.2 Å². The number of fused-ring (bicyclic) bond motifs is 1. The van der Waals surface area contributed by atoms with Crippen molar-refractivity contribution in [3.05, 3.63) is 88.5 Å². The highest BCUT2D eigenvalue weighted by atomic mass is 16.6. The van der Waals surface area contributed by atoms with Crippen molar-refractivity contribution in [2.45, 2.75) is 20.3 Å². The SMILES string of the molecule is Cc1cc(C)cc(N(CCC#N)C(=O)COC(=O)c2ccccc2C(=O)c2ccc3c(c2)OCCO3)c1. The molecule has 0 N–H and O–H groups in total. The smallest absolute Gasteiger partial charge is 0.339 e. The third-order valence-electron chi connectivity index (χ3n) is 5.79. The predicted molar refractivity (Wildman–Crippen MR) is 136 cm³/mol. The lowest BCUT2D eigenvalue weighted by molar-refractivity contribution is -0.121. The number of aryl methyl sites for hydroxylation is 2. The van der Waals surface area contributed by atoms with Crippen LogP contribution in [-0.4, -0.2) is 44.0 Å². The number of anilines is 1. The van der Waals surface area contributed by atoms with Crippen molar-refractivity contribution in [3.8, 4) is 17.6 Å². The van der Waals surface area contributed by atoms with E-state index in [9.17, 15) is 14.4 Å². The zero-order chi connectivity index (χ0) is 26.4. The molecule has 0 radical (unpaired) electrons. The molecular formula is C29H26N2O6. The summed E-state index contributed by atoms with van der Waals surface area (Å²) in [5.74, 6) is -0.633. The van der Waals surface area contributed by atoms with Crippen LogP contribution in [0.5, 0.6) is 11.5 Å². The van der Waals surface area contributed by atoms with Gasteiger partial charge in [0.15, 0.2) is 23.9 Å². The first-order valence-corrected chi connectivity index (χ1v) is 11.8. The molecule has 0 atom stereocenters. The molecule has 4 rings (SSSR count). The quantitative estimate of drug-likeness (QED) is 0.335. The number of carbonyl (C=O) groups is 3. The van der Waals surface area contributed by atoms with Gasteiger partial charge in [-0.05, 0) is 61.4 Å². The number of hydrogen-bond acceptors (Lipinski definition) is 7. The minimum Gasteiger partial charge on any atom is -0.486 e. The summed E-state index contributed by atoms with van der Waals surface area (Å²) in [6.45, 7) is 4.28. The molecule has 3 aromatic carbocycles. The number of nitrogens with zero attached hydrogens (tertiary/aromatic N) is 2. The van der Waals surface area contributed by atoms with Gasteiger partial charge < -0.3 is 19.1 Å². The molecule has 0 bridgehead atoms. The van der Waals surface area contributed by atoms with Gasteiger partial charge in [0.2, 0.25) is 0 Å². The van der Waals surface area contributed by atoms with Crippen LogP contribution >= 0.6 is 0 Å². The molecule has 0 unspecified atom stereocenters. The fourth-order valence-electron chi connectivity index (χ4n) is 4.15. The van der Waals surface area contributed by atoms with Gasteiger partial charge in [-0.2, -0.15) is 5.26 Å². The number of carbonyl (C=O) groups excluding carboxylic acids is 3. The number of amides is 1. The Morgan fingerprint density at radius 1 is 0.919 bits per heavy atom. The van der Waals surface area contributed by atoms with Crippen LogP contribution in [0.3, 0.4) is 0 Å². The van der Waals surface area contributed by atoms with E-state index >= 15 is 0 Å².